The van der Waals surface area contributed by atoms with Crippen LogP contribution in [0.3, 0.4) is 0 Å². The molecule has 1 fully saturated rings. The number of amides is 4. The second-order valence-corrected chi connectivity index (χ2v) is 7.24. The lowest BCUT2D eigenvalue weighted by Crippen LogP contribution is -2.59. The number of hydrazine groups is 1. The van der Waals surface area contributed by atoms with Crippen LogP contribution in [-0.4, -0.2) is 65.1 Å². The van der Waals surface area contributed by atoms with Crippen molar-refractivity contribution < 1.29 is 28.7 Å². The standard InChI is InChI=1S/C21H28N4O6/c1-3-4-10-21(18(28)19(21)29)25(23-14-15-8-6-5-7-9-15)20(30)24(11-12-31-2)17(27)13-16(22)26/h5-9,23H,3-4,10-14H2,1-2H3,(H2,22,26). The quantitative estimate of drug-likeness (QED) is 0.279. The fourth-order valence-corrected chi connectivity index (χ4v) is 3.24. The number of unbranched alkanes of at least 4 members (excludes halogenated alkanes) is 1. The third-order valence-corrected chi connectivity index (χ3v) is 5.02. The predicted molar refractivity (Wildman–Crippen MR) is 110 cm³/mol. The molecular formula is C21H28N4O6. The number of hydrogen-bond acceptors (Lipinski definition) is 7. The Kier molecular flexibility index (Phi) is 8.40. The number of nitrogens with two attached hydrogens (primary N) is 1. The summed E-state index contributed by atoms with van der Waals surface area (Å²) in [6.07, 6.45) is 0.682. The molecule has 3 N–H and O–H groups in total. The van der Waals surface area contributed by atoms with E-state index in [1.165, 1.54) is 7.11 Å². The van der Waals surface area contributed by atoms with Crippen molar-refractivity contribution in [1.82, 2.24) is 15.3 Å². The highest BCUT2D eigenvalue weighted by Gasteiger charge is 2.70. The van der Waals surface area contributed by atoms with Crippen LogP contribution in [0.1, 0.15) is 38.2 Å². The van der Waals surface area contributed by atoms with Crippen LogP contribution in [-0.2, 0) is 30.5 Å². The van der Waals surface area contributed by atoms with Crippen LogP contribution in [0.15, 0.2) is 30.3 Å². The first-order chi connectivity index (χ1) is 14.8. The van der Waals surface area contributed by atoms with Crippen LogP contribution in [0, 0.1) is 0 Å². The van der Waals surface area contributed by atoms with E-state index < -0.39 is 41.4 Å². The molecule has 0 aromatic heterocycles. The molecule has 10 heteroatoms. The SMILES string of the molecule is CCCCC1(N(NCc2ccccc2)C(=O)N(CCOC)C(=O)CC(N)=O)C(=O)C1=O. The smallest absolute Gasteiger partial charge is 0.342 e. The number of rotatable bonds is 12. The topological polar surface area (TPSA) is 139 Å². The van der Waals surface area contributed by atoms with Gasteiger partial charge in [-0.15, -0.1) is 0 Å². The van der Waals surface area contributed by atoms with Crippen molar-refractivity contribution in [3.63, 3.8) is 0 Å². The molecule has 1 saturated carbocycles. The van der Waals surface area contributed by atoms with Gasteiger partial charge in [-0.05, 0) is 12.0 Å². The number of hydrogen-bond donors (Lipinski definition) is 2. The van der Waals surface area contributed by atoms with Crippen molar-refractivity contribution >= 4 is 29.4 Å². The van der Waals surface area contributed by atoms with Gasteiger partial charge in [-0.2, -0.15) is 0 Å². The van der Waals surface area contributed by atoms with Crippen LogP contribution in [0.25, 0.3) is 0 Å². The fraction of sp³-hybridized carbons (Fsp3) is 0.476. The van der Waals surface area contributed by atoms with Crippen LogP contribution in [0.2, 0.25) is 0 Å². The van der Waals surface area contributed by atoms with E-state index >= 15 is 0 Å². The van der Waals surface area contributed by atoms with Gasteiger partial charge in [0.2, 0.25) is 23.4 Å². The normalized spacial score (nSPS) is 14.3. The summed E-state index contributed by atoms with van der Waals surface area (Å²) in [4.78, 5) is 62.7. The minimum Gasteiger partial charge on any atom is -0.383 e. The number of methoxy groups -OCH3 is 1. The average Bonchev–Trinajstić information content (AvgIpc) is 3.26. The van der Waals surface area contributed by atoms with Crippen molar-refractivity contribution in [1.29, 1.82) is 0 Å². The summed E-state index contributed by atoms with van der Waals surface area (Å²) in [5.41, 5.74) is 7.11. The lowest BCUT2D eigenvalue weighted by molar-refractivity contribution is -0.134. The summed E-state index contributed by atoms with van der Waals surface area (Å²) in [7, 11) is 1.39. The third-order valence-electron chi connectivity index (χ3n) is 5.02. The molecule has 0 bridgehead atoms. The van der Waals surface area contributed by atoms with E-state index in [0.717, 1.165) is 15.5 Å². The molecule has 10 nitrogen and oxygen atoms in total. The van der Waals surface area contributed by atoms with Crippen molar-refractivity contribution in [2.45, 2.75) is 44.7 Å². The van der Waals surface area contributed by atoms with Gasteiger partial charge in [0.1, 0.15) is 6.42 Å². The van der Waals surface area contributed by atoms with E-state index in [9.17, 15) is 24.0 Å². The first-order valence-corrected chi connectivity index (χ1v) is 10.1. The van der Waals surface area contributed by atoms with E-state index in [2.05, 4.69) is 5.43 Å². The molecule has 1 aromatic carbocycles. The molecule has 168 valence electrons. The molecule has 1 aromatic rings. The Morgan fingerprint density at radius 2 is 1.77 bits per heavy atom. The summed E-state index contributed by atoms with van der Waals surface area (Å²) in [6.45, 7) is 1.88. The number of imide groups is 1. The molecule has 2 rings (SSSR count). The Bertz CT molecular complexity index is 828. The van der Waals surface area contributed by atoms with Gasteiger partial charge in [-0.3, -0.25) is 24.1 Å². The Morgan fingerprint density at radius 1 is 1.13 bits per heavy atom. The van der Waals surface area contributed by atoms with Crippen LogP contribution in [0.5, 0.6) is 0 Å². The number of carbonyl (C=O) groups is 5. The molecule has 0 radical (unpaired) electrons. The molecule has 1 aliphatic carbocycles. The molecular weight excluding hydrogens is 404 g/mol. The Balaban J connectivity index is 2.37. The minimum absolute atomic E-state index is 0.00657. The molecule has 0 saturated heterocycles. The summed E-state index contributed by atoms with van der Waals surface area (Å²) >= 11 is 0. The molecule has 0 unspecified atom stereocenters. The van der Waals surface area contributed by atoms with Gasteiger partial charge in [0.25, 0.3) is 0 Å². The average molecular weight is 432 g/mol. The van der Waals surface area contributed by atoms with Gasteiger partial charge < -0.3 is 10.5 Å². The predicted octanol–water partition coefficient (Wildman–Crippen LogP) is 0.544. The highest BCUT2D eigenvalue weighted by molar-refractivity contribution is 6.67. The Morgan fingerprint density at radius 3 is 2.29 bits per heavy atom. The number of Topliss-reactive ketones (excluding diaryl/α,β-unsaturated/α-hetero) is 2. The van der Waals surface area contributed by atoms with Gasteiger partial charge >= 0.3 is 6.03 Å². The highest BCUT2D eigenvalue weighted by atomic mass is 16.5. The van der Waals surface area contributed by atoms with Gasteiger partial charge in [0, 0.05) is 13.7 Å². The number of benzene rings is 1. The summed E-state index contributed by atoms with van der Waals surface area (Å²) in [6, 6.07) is 8.17. The maximum absolute atomic E-state index is 13.4. The van der Waals surface area contributed by atoms with E-state index in [-0.39, 0.29) is 26.1 Å². The zero-order chi connectivity index (χ0) is 23.0. The Hall–Kier alpha value is -3.11. The molecule has 31 heavy (non-hydrogen) atoms. The first-order valence-electron chi connectivity index (χ1n) is 10.1. The monoisotopic (exact) mass is 432 g/mol. The van der Waals surface area contributed by atoms with Crippen molar-refractivity contribution in [2.75, 3.05) is 20.3 Å². The molecule has 1 aliphatic rings. The van der Waals surface area contributed by atoms with E-state index in [1.807, 2.05) is 37.3 Å². The minimum atomic E-state index is -1.67. The highest BCUT2D eigenvalue weighted by Crippen LogP contribution is 2.38. The first kappa shape index (κ1) is 24.2. The molecule has 0 heterocycles. The number of carbonyl (C=O) groups excluding carboxylic acids is 5. The van der Waals surface area contributed by atoms with Crippen molar-refractivity contribution in [3.8, 4) is 0 Å². The number of urea groups is 1. The summed E-state index contributed by atoms with van der Waals surface area (Å²) in [5.74, 6) is -3.12. The number of ether oxygens (including phenoxy) is 1. The maximum Gasteiger partial charge on any atom is 0.342 e. The van der Waals surface area contributed by atoms with Gasteiger partial charge in [-0.25, -0.2) is 15.2 Å². The number of ketones is 2. The number of primary amides is 1. The molecule has 0 atom stereocenters. The summed E-state index contributed by atoms with van der Waals surface area (Å²) < 4.78 is 4.96. The van der Waals surface area contributed by atoms with Crippen LogP contribution in [0.4, 0.5) is 4.79 Å². The maximum atomic E-state index is 13.4. The lowest BCUT2D eigenvalue weighted by Gasteiger charge is -2.33. The van der Waals surface area contributed by atoms with Crippen LogP contribution < -0.4 is 11.2 Å². The van der Waals surface area contributed by atoms with Crippen molar-refractivity contribution in [3.05, 3.63) is 35.9 Å². The van der Waals surface area contributed by atoms with E-state index in [1.54, 1.807) is 0 Å². The fourth-order valence-electron chi connectivity index (χ4n) is 3.24. The number of nitrogens with one attached hydrogen (secondary N) is 1. The second kappa shape index (κ2) is 10.8. The van der Waals surface area contributed by atoms with E-state index in [4.69, 9.17) is 10.5 Å². The lowest BCUT2D eigenvalue weighted by atomic mass is 10.1. The summed E-state index contributed by atoms with van der Waals surface area (Å²) in [5, 5.41) is 0.939. The van der Waals surface area contributed by atoms with Gasteiger partial charge in [0.05, 0.1) is 13.2 Å². The largest absolute Gasteiger partial charge is 0.383 e. The van der Waals surface area contributed by atoms with Crippen LogP contribution >= 0.6 is 0 Å². The third kappa shape index (κ3) is 5.53. The molecule has 4 amide bonds. The number of nitrogens with zero attached hydrogens (tertiary/aromatic N) is 2. The molecule has 0 spiro atoms. The van der Waals surface area contributed by atoms with Gasteiger partial charge in [0.15, 0.2) is 5.54 Å². The van der Waals surface area contributed by atoms with E-state index in [0.29, 0.717) is 12.8 Å². The molecule has 0 aliphatic heterocycles. The zero-order valence-corrected chi connectivity index (χ0v) is 17.8. The Labute approximate surface area is 180 Å². The van der Waals surface area contributed by atoms with Crippen molar-refractivity contribution in [2.24, 2.45) is 5.73 Å². The second-order valence-electron chi connectivity index (χ2n) is 7.24. The van der Waals surface area contributed by atoms with Gasteiger partial charge in [-0.1, -0.05) is 50.1 Å². The zero-order valence-electron chi connectivity index (χ0n) is 17.8.